The van der Waals surface area contributed by atoms with E-state index in [1.165, 1.54) is 27.8 Å². The molecule has 0 aliphatic heterocycles. The molecule has 0 N–H and O–H groups in total. The van der Waals surface area contributed by atoms with Gasteiger partial charge in [0.2, 0.25) is 0 Å². The number of hydrogen-bond acceptors (Lipinski definition) is 3. The van der Waals surface area contributed by atoms with E-state index < -0.39 is 0 Å². The summed E-state index contributed by atoms with van der Waals surface area (Å²) in [5.41, 5.74) is 11.2. The van der Waals surface area contributed by atoms with E-state index in [9.17, 15) is 0 Å². The average molecular weight is 567 g/mol. The molecule has 5 heteroatoms. The molecule has 216 valence electrons. The molecule has 2 heterocycles. The van der Waals surface area contributed by atoms with E-state index in [1.807, 2.05) is 54.2 Å². The van der Waals surface area contributed by atoms with Gasteiger partial charge in [-0.25, -0.2) is 9.67 Å². The van der Waals surface area contributed by atoms with Crippen LogP contribution in [0.2, 0.25) is 0 Å². The first-order valence-electron chi connectivity index (χ1n) is 14.7. The zero-order valence-corrected chi connectivity index (χ0v) is 26.0. The summed E-state index contributed by atoms with van der Waals surface area (Å²) in [6, 6.07) is 31.4. The standard InChI is InChI=1S/C38H38N4O/c1-25-21-26(2)33(27(3)22-25)34-35(28-13-9-8-10-14-28)42(40-36(34)38(4,5)6)30-16-12-18-32(24-30)43-31-17-11-15-29(23-31)37-39-19-20-41(37)7/h8-24H,1-7H3. The molecule has 6 aromatic rings. The maximum atomic E-state index is 6.43. The molecule has 0 bridgehead atoms. The molecule has 0 spiro atoms. The van der Waals surface area contributed by atoms with Gasteiger partial charge >= 0.3 is 0 Å². The number of ether oxygens (including phenoxy) is 1. The normalized spacial score (nSPS) is 11.6. The number of aromatic nitrogens is 4. The number of nitrogens with zero attached hydrogens (tertiary/aromatic N) is 4. The lowest BCUT2D eigenvalue weighted by Gasteiger charge is -2.21. The maximum Gasteiger partial charge on any atom is 0.139 e. The van der Waals surface area contributed by atoms with Crippen LogP contribution in [0.1, 0.15) is 43.2 Å². The highest BCUT2D eigenvalue weighted by Crippen LogP contribution is 2.44. The van der Waals surface area contributed by atoms with Gasteiger partial charge in [-0.2, -0.15) is 5.10 Å². The van der Waals surface area contributed by atoms with Gasteiger partial charge in [-0.3, -0.25) is 0 Å². The lowest BCUT2D eigenvalue weighted by Crippen LogP contribution is -2.14. The summed E-state index contributed by atoms with van der Waals surface area (Å²) in [6.07, 6.45) is 3.75. The van der Waals surface area contributed by atoms with E-state index in [0.717, 1.165) is 45.5 Å². The van der Waals surface area contributed by atoms with Gasteiger partial charge in [-0.1, -0.05) is 87.0 Å². The fraction of sp³-hybridized carbons (Fsp3) is 0.211. The molecule has 0 unspecified atom stereocenters. The van der Waals surface area contributed by atoms with Gasteiger partial charge in [0.05, 0.1) is 17.1 Å². The number of imidazole rings is 1. The topological polar surface area (TPSA) is 44.9 Å². The third-order valence-electron chi connectivity index (χ3n) is 7.78. The average Bonchev–Trinajstić information content (AvgIpc) is 3.57. The highest BCUT2D eigenvalue weighted by Gasteiger charge is 2.30. The van der Waals surface area contributed by atoms with E-state index in [0.29, 0.717) is 0 Å². The Balaban J connectivity index is 1.52. The molecule has 2 aromatic heterocycles. The summed E-state index contributed by atoms with van der Waals surface area (Å²) < 4.78 is 10.5. The second kappa shape index (κ2) is 11.1. The number of hydrogen-bond donors (Lipinski definition) is 0. The van der Waals surface area contributed by atoms with Gasteiger partial charge in [0.15, 0.2) is 0 Å². The molecule has 4 aromatic carbocycles. The molecule has 43 heavy (non-hydrogen) atoms. The highest BCUT2D eigenvalue weighted by atomic mass is 16.5. The summed E-state index contributed by atoms with van der Waals surface area (Å²) in [5, 5.41) is 5.36. The van der Waals surface area contributed by atoms with Crippen LogP contribution >= 0.6 is 0 Å². The molecule has 0 amide bonds. The Kier molecular flexibility index (Phi) is 7.26. The smallest absolute Gasteiger partial charge is 0.139 e. The summed E-state index contributed by atoms with van der Waals surface area (Å²) in [6.45, 7) is 13.3. The quantitative estimate of drug-likeness (QED) is 0.202. The molecule has 0 fully saturated rings. The van der Waals surface area contributed by atoms with Crippen LogP contribution in [0.25, 0.3) is 39.5 Å². The number of aryl methyl sites for hydroxylation is 4. The predicted octanol–water partition coefficient (Wildman–Crippen LogP) is 9.62. The first-order chi connectivity index (χ1) is 20.6. The monoisotopic (exact) mass is 566 g/mol. The molecular weight excluding hydrogens is 528 g/mol. The molecular formula is C38H38N4O. The van der Waals surface area contributed by atoms with Crippen LogP contribution in [0.3, 0.4) is 0 Å². The molecule has 0 saturated heterocycles. The first-order valence-corrected chi connectivity index (χ1v) is 14.7. The van der Waals surface area contributed by atoms with Crippen LogP contribution in [0.4, 0.5) is 0 Å². The van der Waals surface area contributed by atoms with Crippen molar-refractivity contribution < 1.29 is 4.74 Å². The number of benzene rings is 4. The van der Waals surface area contributed by atoms with Gasteiger partial charge < -0.3 is 9.30 Å². The largest absolute Gasteiger partial charge is 0.457 e. The third kappa shape index (κ3) is 5.51. The van der Waals surface area contributed by atoms with E-state index in [-0.39, 0.29) is 5.41 Å². The van der Waals surface area contributed by atoms with Crippen molar-refractivity contribution in [2.75, 3.05) is 0 Å². The van der Waals surface area contributed by atoms with Crippen LogP contribution in [0.5, 0.6) is 11.5 Å². The molecule has 0 radical (unpaired) electrons. The second-order valence-electron chi connectivity index (χ2n) is 12.4. The fourth-order valence-corrected chi connectivity index (χ4v) is 5.96. The highest BCUT2D eigenvalue weighted by molar-refractivity contribution is 5.88. The Labute approximate surface area is 254 Å². The lowest BCUT2D eigenvalue weighted by atomic mass is 9.82. The molecule has 0 aliphatic rings. The Hall–Kier alpha value is -4.90. The van der Waals surface area contributed by atoms with Crippen molar-refractivity contribution in [1.29, 1.82) is 0 Å². The van der Waals surface area contributed by atoms with Crippen molar-refractivity contribution in [2.24, 2.45) is 7.05 Å². The zero-order chi connectivity index (χ0) is 30.3. The van der Waals surface area contributed by atoms with E-state index >= 15 is 0 Å². The number of rotatable bonds is 6. The minimum absolute atomic E-state index is 0.187. The molecule has 5 nitrogen and oxygen atoms in total. The second-order valence-corrected chi connectivity index (χ2v) is 12.4. The van der Waals surface area contributed by atoms with Gasteiger partial charge in [0.25, 0.3) is 0 Å². The van der Waals surface area contributed by atoms with Gasteiger partial charge in [-0.05, 0) is 61.7 Å². The van der Waals surface area contributed by atoms with Crippen LogP contribution < -0.4 is 4.74 Å². The van der Waals surface area contributed by atoms with Crippen molar-refractivity contribution in [3.05, 3.63) is 126 Å². The first kappa shape index (κ1) is 28.2. The minimum atomic E-state index is -0.187. The third-order valence-corrected chi connectivity index (χ3v) is 7.78. The van der Waals surface area contributed by atoms with Crippen LogP contribution in [0.15, 0.2) is 103 Å². The van der Waals surface area contributed by atoms with Crippen molar-refractivity contribution in [1.82, 2.24) is 19.3 Å². The van der Waals surface area contributed by atoms with Gasteiger partial charge in [0.1, 0.15) is 17.3 Å². The van der Waals surface area contributed by atoms with Gasteiger partial charge in [0, 0.05) is 47.6 Å². The molecule has 0 aliphatic carbocycles. The molecule has 6 rings (SSSR count). The Morgan fingerprint density at radius 1 is 0.698 bits per heavy atom. The van der Waals surface area contributed by atoms with Crippen LogP contribution in [-0.4, -0.2) is 19.3 Å². The van der Waals surface area contributed by atoms with Crippen LogP contribution in [0, 0.1) is 20.8 Å². The van der Waals surface area contributed by atoms with Crippen molar-refractivity contribution in [2.45, 2.75) is 47.0 Å². The minimum Gasteiger partial charge on any atom is -0.457 e. The van der Waals surface area contributed by atoms with E-state index in [4.69, 9.17) is 9.84 Å². The van der Waals surface area contributed by atoms with Crippen molar-refractivity contribution in [3.63, 3.8) is 0 Å². The zero-order valence-electron chi connectivity index (χ0n) is 26.0. The summed E-state index contributed by atoms with van der Waals surface area (Å²) in [4.78, 5) is 4.49. The Morgan fingerprint density at radius 3 is 2.00 bits per heavy atom. The van der Waals surface area contributed by atoms with Crippen molar-refractivity contribution >= 4 is 0 Å². The summed E-state index contributed by atoms with van der Waals surface area (Å²) in [5.74, 6) is 2.39. The summed E-state index contributed by atoms with van der Waals surface area (Å²) in [7, 11) is 1.99. The van der Waals surface area contributed by atoms with Crippen molar-refractivity contribution in [3.8, 4) is 51.0 Å². The molecule has 0 saturated carbocycles. The van der Waals surface area contributed by atoms with E-state index in [1.54, 1.807) is 6.20 Å². The maximum absolute atomic E-state index is 6.43. The fourth-order valence-electron chi connectivity index (χ4n) is 5.96. The lowest BCUT2D eigenvalue weighted by molar-refractivity contribution is 0.482. The Morgan fingerprint density at radius 2 is 1.35 bits per heavy atom. The van der Waals surface area contributed by atoms with Crippen LogP contribution in [-0.2, 0) is 12.5 Å². The predicted molar refractivity (Wildman–Crippen MR) is 176 cm³/mol. The SMILES string of the molecule is Cc1cc(C)c(-c2c(C(C)(C)C)nn(-c3cccc(Oc4cccc(-c5nccn5C)c4)c3)c2-c2ccccc2)c(C)c1. The van der Waals surface area contributed by atoms with Gasteiger partial charge in [-0.15, -0.1) is 0 Å². The Bertz CT molecular complexity index is 1900. The van der Waals surface area contributed by atoms with E-state index in [2.05, 4.69) is 106 Å². The molecule has 0 atom stereocenters. The summed E-state index contributed by atoms with van der Waals surface area (Å²) >= 11 is 0.